The van der Waals surface area contributed by atoms with E-state index in [0.717, 1.165) is 40.9 Å². The van der Waals surface area contributed by atoms with E-state index in [1.54, 1.807) is 23.0 Å². The van der Waals surface area contributed by atoms with Crippen LogP contribution in [0, 0.1) is 0 Å². The van der Waals surface area contributed by atoms with Gasteiger partial charge in [0.25, 0.3) is 5.56 Å². The van der Waals surface area contributed by atoms with Gasteiger partial charge < -0.3 is 10.1 Å². The normalized spacial score (nSPS) is 13.7. The lowest BCUT2D eigenvalue weighted by Crippen LogP contribution is -2.23. The molecule has 5 nitrogen and oxygen atoms in total. The number of thiophene rings is 1. The third kappa shape index (κ3) is 2.80. The Morgan fingerprint density at radius 2 is 2.00 bits per heavy atom. The molecule has 0 aliphatic heterocycles. The largest absolute Gasteiger partial charge is 0.497 e. The summed E-state index contributed by atoms with van der Waals surface area (Å²) >= 11 is 1.68. The summed E-state index contributed by atoms with van der Waals surface area (Å²) in [6.45, 7) is 2.57. The average Bonchev–Trinajstić information content (AvgIpc) is 3.01. The summed E-state index contributed by atoms with van der Waals surface area (Å²) in [6, 6.07) is 7.63. The van der Waals surface area contributed by atoms with Gasteiger partial charge in [0.15, 0.2) is 0 Å². The molecule has 25 heavy (non-hydrogen) atoms. The number of rotatable bonds is 4. The molecule has 1 aliphatic carbocycles. The van der Waals surface area contributed by atoms with E-state index in [1.807, 2.05) is 31.2 Å². The van der Waals surface area contributed by atoms with Gasteiger partial charge in [0.1, 0.15) is 10.6 Å². The lowest BCUT2D eigenvalue weighted by Gasteiger charge is -2.13. The van der Waals surface area contributed by atoms with Crippen molar-refractivity contribution in [3.63, 3.8) is 0 Å². The Labute approximate surface area is 150 Å². The zero-order valence-electron chi connectivity index (χ0n) is 14.5. The molecule has 0 amide bonds. The van der Waals surface area contributed by atoms with E-state index in [0.29, 0.717) is 12.5 Å². The number of hydrogen-bond acceptors (Lipinski definition) is 5. The Bertz CT molecular complexity index is 973. The topological polar surface area (TPSA) is 56.1 Å². The van der Waals surface area contributed by atoms with Crippen LogP contribution in [0.3, 0.4) is 0 Å². The van der Waals surface area contributed by atoms with Crippen LogP contribution in [0.1, 0.15) is 30.2 Å². The maximum atomic E-state index is 13.1. The van der Waals surface area contributed by atoms with Crippen molar-refractivity contribution in [3.05, 3.63) is 45.1 Å². The van der Waals surface area contributed by atoms with E-state index in [9.17, 15) is 4.79 Å². The van der Waals surface area contributed by atoms with Gasteiger partial charge in [0.2, 0.25) is 5.95 Å². The molecule has 2 aromatic heterocycles. The van der Waals surface area contributed by atoms with E-state index < -0.39 is 0 Å². The lowest BCUT2D eigenvalue weighted by molar-refractivity contribution is 0.415. The van der Waals surface area contributed by atoms with Crippen LogP contribution >= 0.6 is 11.3 Å². The molecule has 3 aromatic rings. The molecule has 1 N–H and O–H groups in total. The molecule has 0 atom stereocenters. The fraction of sp³-hybridized carbons (Fsp3) is 0.368. The number of benzene rings is 1. The number of aryl methyl sites for hydroxylation is 2. The third-order valence-electron chi connectivity index (χ3n) is 4.74. The Morgan fingerprint density at radius 1 is 1.24 bits per heavy atom. The number of aromatic nitrogens is 2. The highest BCUT2D eigenvalue weighted by molar-refractivity contribution is 7.18. The number of nitrogens with zero attached hydrogens (tertiary/aromatic N) is 2. The highest BCUT2D eigenvalue weighted by atomic mass is 32.1. The molecule has 130 valence electrons. The zero-order chi connectivity index (χ0) is 17.4. The quantitative estimate of drug-likeness (QED) is 0.765. The number of anilines is 2. The maximum Gasteiger partial charge on any atom is 0.263 e. The first kappa shape index (κ1) is 16.1. The van der Waals surface area contributed by atoms with Crippen molar-refractivity contribution >= 4 is 33.2 Å². The molecule has 0 fully saturated rings. The highest BCUT2D eigenvalue weighted by Crippen LogP contribution is 2.34. The van der Waals surface area contributed by atoms with Gasteiger partial charge in [-0.25, -0.2) is 4.98 Å². The van der Waals surface area contributed by atoms with Crippen LogP contribution in [0.15, 0.2) is 29.1 Å². The third-order valence-corrected chi connectivity index (χ3v) is 5.92. The first-order valence-corrected chi connectivity index (χ1v) is 9.49. The van der Waals surface area contributed by atoms with Crippen LogP contribution in [-0.2, 0) is 19.4 Å². The number of fused-ring (bicyclic) bond motifs is 3. The molecule has 1 aliphatic rings. The predicted octanol–water partition coefficient (Wildman–Crippen LogP) is 4.11. The molecule has 0 unspecified atom stereocenters. The van der Waals surface area contributed by atoms with Crippen LogP contribution in [0.25, 0.3) is 10.2 Å². The standard InChI is InChI=1S/C19H21N3O2S/c1-3-22-18(23)16-14-6-4-5-7-15(14)25-17(16)21-19(22)20-12-8-10-13(24-2)11-9-12/h8-11H,3-7H2,1-2H3,(H,20,21). The van der Waals surface area contributed by atoms with Crippen LogP contribution in [0.4, 0.5) is 11.6 Å². The van der Waals surface area contributed by atoms with E-state index >= 15 is 0 Å². The Balaban J connectivity index is 1.81. The van der Waals surface area contributed by atoms with Gasteiger partial charge in [-0.3, -0.25) is 9.36 Å². The summed E-state index contributed by atoms with van der Waals surface area (Å²) in [4.78, 5) is 20.1. The Hall–Kier alpha value is -2.34. The van der Waals surface area contributed by atoms with Crippen molar-refractivity contribution in [2.24, 2.45) is 0 Å². The van der Waals surface area contributed by atoms with E-state index in [-0.39, 0.29) is 5.56 Å². The van der Waals surface area contributed by atoms with E-state index in [2.05, 4.69) is 5.32 Å². The molecule has 0 saturated carbocycles. The molecular weight excluding hydrogens is 334 g/mol. The molecule has 2 heterocycles. The molecule has 0 spiro atoms. The lowest BCUT2D eigenvalue weighted by atomic mass is 9.97. The van der Waals surface area contributed by atoms with Crippen molar-refractivity contribution in [3.8, 4) is 5.75 Å². The number of methoxy groups -OCH3 is 1. The molecule has 0 radical (unpaired) electrons. The first-order chi connectivity index (χ1) is 12.2. The predicted molar refractivity (Wildman–Crippen MR) is 102 cm³/mol. The van der Waals surface area contributed by atoms with Crippen molar-refractivity contribution in [2.75, 3.05) is 12.4 Å². The minimum absolute atomic E-state index is 0.0721. The van der Waals surface area contributed by atoms with Gasteiger partial charge in [0.05, 0.1) is 12.5 Å². The van der Waals surface area contributed by atoms with Crippen LogP contribution in [0.2, 0.25) is 0 Å². The van der Waals surface area contributed by atoms with E-state index in [1.165, 1.54) is 16.9 Å². The molecule has 6 heteroatoms. The van der Waals surface area contributed by atoms with Crippen LogP contribution in [-0.4, -0.2) is 16.7 Å². The van der Waals surface area contributed by atoms with Crippen molar-refractivity contribution in [1.29, 1.82) is 0 Å². The van der Waals surface area contributed by atoms with Gasteiger partial charge in [-0.2, -0.15) is 0 Å². The molecule has 1 aromatic carbocycles. The average molecular weight is 355 g/mol. The summed E-state index contributed by atoms with van der Waals surface area (Å²) in [6.07, 6.45) is 4.44. The fourth-order valence-corrected chi connectivity index (χ4v) is 4.68. The second kappa shape index (κ2) is 6.52. The van der Waals surface area contributed by atoms with Crippen molar-refractivity contribution in [1.82, 2.24) is 9.55 Å². The minimum atomic E-state index is 0.0721. The molecule has 0 saturated heterocycles. The zero-order valence-corrected chi connectivity index (χ0v) is 15.3. The van der Waals surface area contributed by atoms with Gasteiger partial charge in [-0.05, 0) is 62.4 Å². The Morgan fingerprint density at radius 3 is 2.72 bits per heavy atom. The minimum Gasteiger partial charge on any atom is -0.497 e. The second-order valence-corrected chi connectivity index (χ2v) is 7.31. The first-order valence-electron chi connectivity index (χ1n) is 8.67. The summed E-state index contributed by atoms with van der Waals surface area (Å²) in [7, 11) is 1.64. The van der Waals surface area contributed by atoms with Crippen molar-refractivity contribution in [2.45, 2.75) is 39.2 Å². The molecule has 0 bridgehead atoms. The molecular formula is C19H21N3O2S. The van der Waals surface area contributed by atoms with Crippen LogP contribution < -0.4 is 15.6 Å². The Kier molecular flexibility index (Phi) is 4.21. The monoisotopic (exact) mass is 355 g/mol. The molecule has 4 rings (SSSR count). The maximum absolute atomic E-state index is 13.1. The van der Waals surface area contributed by atoms with Crippen LogP contribution in [0.5, 0.6) is 5.75 Å². The smallest absolute Gasteiger partial charge is 0.263 e. The fourth-order valence-electron chi connectivity index (χ4n) is 3.43. The van der Waals surface area contributed by atoms with E-state index in [4.69, 9.17) is 9.72 Å². The second-order valence-electron chi connectivity index (χ2n) is 6.23. The highest BCUT2D eigenvalue weighted by Gasteiger charge is 2.21. The number of ether oxygens (including phenoxy) is 1. The van der Waals surface area contributed by atoms with Gasteiger partial charge in [0, 0.05) is 17.1 Å². The van der Waals surface area contributed by atoms with Gasteiger partial charge in [-0.1, -0.05) is 0 Å². The number of hydrogen-bond donors (Lipinski definition) is 1. The van der Waals surface area contributed by atoms with Crippen molar-refractivity contribution < 1.29 is 4.74 Å². The summed E-state index contributed by atoms with van der Waals surface area (Å²) in [5.41, 5.74) is 2.19. The summed E-state index contributed by atoms with van der Waals surface area (Å²) in [5, 5.41) is 4.13. The summed E-state index contributed by atoms with van der Waals surface area (Å²) < 4.78 is 6.92. The SMILES string of the molecule is CCn1c(Nc2ccc(OC)cc2)nc2sc3c(c2c1=O)CCCC3. The number of nitrogens with one attached hydrogen (secondary N) is 1. The van der Waals surface area contributed by atoms with Gasteiger partial charge in [-0.15, -0.1) is 11.3 Å². The summed E-state index contributed by atoms with van der Waals surface area (Å²) in [5.74, 6) is 1.40. The van der Waals surface area contributed by atoms with Gasteiger partial charge >= 0.3 is 0 Å².